The maximum absolute atomic E-state index is 11.2. The lowest BCUT2D eigenvalue weighted by atomic mass is 10.2. The number of carbonyl (C=O) groups excluding carboxylic acids is 1. The molecule has 8 nitrogen and oxygen atoms in total. The average molecular weight is 359 g/mol. The molecule has 2 heterocycles. The van der Waals surface area contributed by atoms with E-state index in [-0.39, 0.29) is 22.0 Å². The van der Waals surface area contributed by atoms with E-state index < -0.39 is 5.91 Å². The molecule has 0 bridgehead atoms. The van der Waals surface area contributed by atoms with Gasteiger partial charge in [0.25, 0.3) is 5.91 Å². The normalized spacial score (nSPS) is 11.0. The predicted octanol–water partition coefficient (Wildman–Crippen LogP) is 3.44. The minimum Gasteiger partial charge on any atom is -0.507 e. The third-order valence-corrected chi connectivity index (χ3v) is 4.05. The molecule has 0 spiro atoms. The van der Waals surface area contributed by atoms with Crippen molar-refractivity contribution in [1.82, 2.24) is 9.36 Å². The molecule has 1 amide bonds. The van der Waals surface area contributed by atoms with Crippen molar-refractivity contribution in [2.75, 3.05) is 0 Å². The van der Waals surface area contributed by atoms with Crippen LogP contribution < -0.4 is 5.73 Å². The minimum atomic E-state index is -0.773. The molecule has 0 unspecified atom stereocenters. The second kappa shape index (κ2) is 6.19. The zero-order valence-electron chi connectivity index (χ0n) is 11.8. The number of azo groups is 1. The maximum Gasteiger partial charge on any atom is 0.252 e. The van der Waals surface area contributed by atoms with Crippen molar-refractivity contribution >= 4 is 50.8 Å². The number of halogens is 1. The number of benzene rings is 1. The molecule has 118 valence electrons. The third-order valence-electron chi connectivity index (χ3n) is 3.03. The monoisotopic (exact) mass is 358 g/mol. The van der Waals surface area contributed by atoms with Crippen LogP contribution in [-0.2, 0) is 0 Å². The smallest absolute Gasteiger partial charge is 0.252 e. The van der Waals surface area contributed by atoms with Gasteiger partial charge in [0.05, 0.1) is 22.2 Å². The van der Waals surface area contributed by atoms with Crippen LogP contribution >= 0.6 is 23.1 Å². The Morgan fingerprint density at radius 3 is 2.88 bits per heavy atom. The highest BCUT2D eigenvalue weighted by Crippen LogP contribution is 2.33. The Hall–Kier alpha value is -3.09. The Kier molecular flexibility index (Phi) is 4.07. The van der Waals surface area contributed by atoms with Gasteiger partial charge in [0.1, 0.15) is 17.0 Å². The van der Waals surface area contributed by atoms with Gasteiger partial charge in [-0.05, 0) is 35.8 Å². The number of hydrogen-bond donors (Lipinski definition) is 2. The zero-order chi connectivity index (χ0) is 17.3. The van der Waals surface area contributed by atoms with Gasteiger partial charge >= 0.3 is 0 Å². The first-order valence-electron chi connectivity index (χ1n) is 6.40. The van der Waals surface area contributed by atoms with Crippen molar-refractivity contribution in [1.29, 1.82) is 5.26 Å². The molecular weight excluding hydrogens is 352 g/mol. The number of aromatic hydroxyl groups is 1. The van der Waals surface area contributed by atoms with E-state index in [0.717, 1.165) is 11.5 Å². The van der Waals surface area contributed by atoms with Crippen LogP contribution in [0.3, 0.4) is 0 Å². The Labute approximate surface area is 144 Å². The van der Waals surface area contributed by atoms with Gasteiger partial charge in [0, 0.05) is 0 Å². The first-order valence-corrected chi connectivity index (χ1v) is 7.55. The first kappa shape index (κ1) is 15.8. The maximum atomic E-state index is 11.2. The second-order valence-electron chi connectivity index (χ2n) is 4.56. The first-order chi connectivity index (χ1) is 11.5. The number of primary amides is 1. The number of nitrogens with zero attached hydrogens (tertiary/aromatic N) is 5. The van der Waals surface area contributed by atoms with Crippen LogP contribution in [0.1, 0.15) is 15.9 Å². The van der Waals surface area contributed by atoms with E-state index in [1.54, 1.807) is 0 Å². The summed E-state index contributed by atoms with van der Waals surface area (Å²) in [6.07, 6.45) is 0. The van der Waals surface area contributed by atoms with Gasteiger partial charge in [-0.1, -0.05) is 11.6 Å². The fourth-order valence-corrected chi connectivity index (χ4v) is 2.70. The Morgan fingerprint density at radius 1 is 1.38 bits per heavy atom. The van der Waals surface area contributed by atoms with Crippen LogP contribution in [0, 0.1) is 11.3 Å². The number of carbonyl (C=O) groups is 1. The molecule has 0 aliphatic carbocycles. The Morgan fingerprint density at radius 2 is 2.17 bits per heavy atom. The van der Waals surface area contributed by atoms with E-state index in [1.165, 1.54) is 24.3 Å². The lowest BCUT2D eigenvalue weighted by molar-refractivity contribution is 0.0998. The molecule has 10 heteroatoms. The van der Waals surface area contributed by atoms with Crippen LogP contribution in [0.4, 0.5) is 10.7 Å². The van der Waals surface area contributed by atoms with Crippen LogP contribution in [0.5, 0.6) is 5.75 Å². The van der Waals surface area contributed by atoms with Gasteiger partial charge in [-0.3, -0.25) is 4.79 Å². The summed E-state index contributed by atoms with van der Waals surface area (Å²) in [6, 6.07) is 7.57. The number of nitrogens with two attached hydrogens (primary N) is 1. The summed E-state index contributed by atoms with van der Waals surface area (Å²) in [5.41, 5.74) is 6.01. The van der Waals surface area contributed by atoms with Crippen molar-refractivity contribution in [3.05, 3.63) is 40.5 Å². The molecule has 0 aliphatic heterocycles. The number of phenols is 1. The van der Waals surface area contributed by atoms with Gasteiger partial charge < -0.3 is 10.8 Å². The number of pyridine rings is 1. The molecule has 0 saturated heterocycles. The molecule has 0 atom stereocenters. The summed E-state index contributed by atoms with van der Waals surface area (Å²) in [5, 5.41) is 27.7. The Bertz CT molecular complexity index is 1040. The van der Waals surface area contributed by atoms with Crippen molar-refractivity contribution in [2.24, 2.45) is 16.0 Å². The van der Waals surface area contributed by atoms with Gasteiger partial charge in [-0.25, -0.2) is 4.98 Å². The quantitative estimate of drug-likeness (QED) is 0.545. The molecule has 2 aromatic heterocycles. The van der Waals surface area contributed by atoms with Crippen molar-refractivity contribution in [3.63, 3.8) is 0 Å². The van der Waals surface area contributed by atoms with Crippen molar-refractivity contribution < 1.29 is 9.90 Å². The van der Waals surface area contributed by atoms with Gasteiger partial charge in [-0.2, -0.15) is 9.64 Å². The van der Waals surface area contributed by atoms with E-state index in [4.69, 9.17) is 22.6 Å². The summed E-state index contributed by atoms with van der Waals surface area (Å²) in [7, 11) is 0. The zero-order valence-corrected chi connectivity index (χ0v) is 13.3. The fraction of sp³-hybridized carbons (Fsp3) is 0. The molecule has 1 aromatic carbocycles. The number of nitriles is 1. The van der Waals surface area contributed by atoms with E-state index in [0.29, 0.717) is 21.7 Å². The number of fused-ring (bicyclic) bond motifs is 1. The summed E-state index contributed by atoms with van der Waals surface area (Å²) in [5.74, 6) is -1.01. The van der Waals surface area contributed by atoms with E-state index >= 15 is 0 Å². The largest absolute Gasteiger partial charge is 0.507 e. The number of hydrogen-bond acceptors (Lipinski definition) is 8. The van der Waals surface area contributed by atoms with E-state index in [2.05, 4.69) is 19.6 Å². The second-order valence-corrected chi connectivity index (χ2v) is 5.67. The van der Waals surface area contributed by atoms with Gasteiger partial charge in [0.2, 0.25) is 0 Å². The molecule has 0 fully saturated rings. The summed E-state index contributed by atoms with van der Waals surface area (Å²) < 4.78 is 4.10. The fourth-order valence-electron chi connectivity index (χ4n) is 1.88. The number of amides is 1. The number of rotatable bonds is 3. The highest BCUT2D eigenvalue weighted by molar-refractivity contribution is 7.11. The summed E-state index contributed by atoms with van der Waals surface area (Å²) in [4.78, 5) is 15.2. The van der Waals surface area contributed by atoms with Crippen LogP contribution in [0.25, 0.3) is 11.0 Å². The highest BCUT2D eigenvalue weighted by Gasteiger charge is 2.12. The average Bonchev–Trinajstić information content (AvgIpc) is 2.94. The molecule has 0 aliphatic rings. The topological polar surface area (TPSA) is 138 Å². The van der Waals surface area contributed by atoms with Gasteiger partial charge in [-0.15, -0.1) is 10.2 Å². The predicted molar refractivity (Wildman–Crippen MR) is 87.9 cm³/mol. The van der Waals surface area contributed by atoms with Crippen LogP contribution in [0.2, 0.25) is 5.15 Å². The van der Waals surface area contributed by atoms with Crippen molar-refractivity contribution in [2.45, 2.75) is 0 Å². The minimum absolute atomic E-state index is 0.0548. The molecule has 0 saturated carbocycles. The molecular formula is C14H7ClN6O2S. The Balaban J connectivity index is 2.01. The van der Waals surface area contributed by atoms with Crippen LogP contribution in [-0.4, -0.2) is 20.4 Å². The molecule has 24 heavy (non-hydrogen) atoms. The van der Waals surface area contributed by atoms with E-state index in [1.807, 2.05) is 6.07 Å². The SMILES string of the molecule is N#Cc1cc2c(/N=N/c3ccc(O)c(C(N)=O)c3)snc2nc1Cl. The highest BCUT2D eigenvalue weighted by atomic mass is 35.5. The lowest BCUT2D eigenvalue weighted by Crippen LogP contribution is -2.10. The molecule has 3 aromatic rings. The third kappa shape index (κ3) is 2.88. The molecule has 3 N–H and O–H groups in total. The molecule has 3 rings (SSSR count). The standard InChI is InChI=1S/C14H7ClN6O2S/c15-11-6(5-16)3-9-13(18-11)21-24-14(9)20-19-7-1-2-10(22)8(4-7)12(17)23/h1-4,22H,(H2,17,23)/b20-19+. The summed E-state index contributed by atoms with van der Waals surface area (Å²) >= 11 is 6.90. The number of aromatic nitrogens is 2. The lowest BCUT2D eigenvalue weighted by Gasteiger charge is -2.00. The van der Waals surface area contributed by atoms with Gasteiger partial charge in [0.15, 0.2) is 10.6 Å². The summed E-state index contributed by atoms with van der Waals surface area (Å²) in [6.45, 7) is 0. The molecule has 0 radical (unpaired) electrons. The van der Waals surface area contributed by atoms with Crippen molar-refractivity contribution in [3.8, 4) is 11.8 Å². The van der Waals surface area contributed by atoms with Crippen LogP contribution in [0.15, 0.2) is 34.5 Å². The van der Waals surface area contributed by atoms with E-state index in [9.17, 15) is 9.90 Å².